The maximum Gasteiger partial charge on any atom is 0.255 e. The van der Waals surface area contributed by atoms with Gasteiger partial charge in [0.1, 0.15) is 5.76 Å². The number of alkyl halides is 1. The van der Waals surface area contributed by atoms with E-state index in [4.69, 9.17) is 4.42 Å². The molecule has 4 heteroatoms. The van der Waals surface area contributed by atoms with E-state index in [1.165, 1.54) is 0 Å². The molecule has 3 nitrogen and oxygen atoms in total. The molecule has 0 saturated heterocycles. The van der Waals surface area contributed by atoms with Crippen LogP contribution in [0, 0.1) is 0 Å². The standard InChI is InChI=1S/C12H18BrNO2/c1-3-11-10(6-8-16-11)12(15)14-9(2)5-4-7-13/h6,8-9H,3-5,7H2,1-2H3,(H,14,15). The molecular formula is C12H18BrNO2. The van der Waals surface area contributed by atoms with Crippen molar-refractivity contribution in [1.29, 1.82) is 0 Å². The number of carbonyl (C=O) groups excluding carboxylic acids is 1. The summed E-state index contributed by atoms with van der Waals surface area (Å²) in [7, 11) is 0. The van der Waals surface area contributed by atoms with Crippen LogP contribution >= 0.6 is 15.9 Å². The lowest BCUT2D eigenvalue weighted by molar-refractivity contribution is 0.0936. The highest BCUT2D eigenvalue weighted by Crippen LogP contribution is 2.11. The number of amides is 1. The van der Waals surface area contributed by atoms with Gasteiger partial charge in [-0.1, -0.05) is 22.9 Å². The molecule has 1 rings (SSSR count). The Balaban J connectivity index is 2.52. The van der Waals surface area contributed by atoms with Crippen molar-refractivity contribution in [1.82, 2.24) is 5.32 Å². The lowest BCUT2D eigenvalue weighted by atomic mass is 10.1. The summed E-state index contributed by atoms with van der Waals surface area (Å²) in [6.07, 6.45) is 4.35. The van der Waals surface area contributed by atoms with Gasteiger partial charge in [0, 0.05) is 17.8 Å². The average molecular weight is 288 g/mol. The van der Waals surface area contributed by atoms with E-state index in [0.717, 1.165) is 30.4 Å². The van der Waals surface area contributed by atoms with Crippen molar-refractivity contribution in [3.8, 4) is 0 Å². The lowest BCUT2D eigenvalue weighted by Gasteiger charge is -2.12. The molecule has 90 valence electrons. The highest BCUT2D eigenvalue weighted by atomic mass is 79.9. The Morgan fingerprint density at radius 3 is 3.00 bits per heavy atom. The van der Waals surface area contributed by atoms with E-state index in [0.29, 0.717) is 5.56 Å². The largest absolute Gasteiger partial charge is 0.469 e. The number of rotatable bonds is 6. The maximum absolute atomic E-state index is 11.9. The molecule has 0 saturated carbocycles. The molecule has 0 aliphatic rings. The van der Waals surface area contributed by atoms with Gasteiger partial charge < -0.3 is 9.73 Å². The number of halogens is 1. The minimum absolute atomic E-state index is 0.0346. The third kappa shape index (κ3) is 3.67. The topological polar surface area (TPSA) is 42.2 Å². The molecule has 0 radical (unpaired) electrons. The minimum atomic E-state index is -0.0346. The summed E-state index contributed by atoms with van der Waals surface area (Å²) < 4.78 is 5.23. The van der Waals surface area contributed by atoms with Crippen LogP contribution in [0.5, 0.6) is 0 Å². The maximum atomic E-state index is 11.9. The van der Waals surface area contributed by atoms with Crippen molar-refractivity contribution >= 4 is 21.8 Å². The predicted octanol–water partition coefficient (Wildman–Crippen LogP) is 3.14. The molecule has 16 heavy (non-hydrogen) atoms. The summed E-state index contributed by atoms with van der Waals surface area (Å²) in [5, 5.41) is 3.94. The number of nitrogens with one attached hydrogen (secondary N) is 1. The molecule has 1 aromatic heterocycles. The second-order valence-electron chi connectivity index (χ2n) is 3.82. The fraction of sp³-hybridized carbons (Fsp3) is 0.583. The highest BCUT2D eigenvalue weighted by molar-refractivity contribution is 9.09. The van der Waals surface area contributed by atoms with Gasteiger partial charge >= 0.3 is 0 Å². The third-order valence-corrected chi connectivity index (χ3v) is 3.02. The number of carbonyl (C=O) groups is 1. The van der Waals surface area contributed by atoms with Crippen LogP contribution in [0.4, 0.5) is 0 Å². The van der Waals surface area contributed by atoms with Crippen LogP contribution in [0.2, 0.25) is 0 Å². The minimum Gasteiger partial charge on any atom is -0.469 e. The van der Waals surface area contributed by atoms with Crippen LogP contribution in [0.3, 0.4) is 0 Å². The van der Waals surface area contributed by atoms with E-state index in [1.807, 2.05) is 13.8 Å². The van der Waals surface area contributed by atoms with Crippen molar-refractivity contribution in [3.05, 3.63) is 23.7 Å². The molecule has 0 aliphatic heterocycles. The molecule has 0 bridgehead atoms. The Hall–Kier alpha value is -0.770. The fourth-order valence-corrected chi connectivity index (χ4v) is 1.90. The Labute approximate surface area is 105 Å². The highest BCUT2D eigenvalue weighted by Gasteiger charge is 2.14. The summed E-state index contributed by atoms with van der Waals surface area (Å²) in [6.45, 7) is 4.00. The lowest BCUT2D eigenvalue weighted by Crippen LogP contribution is -2.32. The summed E-state index contributed by atoms with van der Waals surface area (Å²) in [5.74, 6) is 0.720. The quantitative estimate of drug-likeness (QED) is 0.817. The zero-order valence-corrected chi connectivity index (χ0v) is 11.3. The molecule has 0 aromatic carbocycles. The van der Waals surface area contributed by atoms with Crippen molar-refractivity contribution in [2.24, 2.45) is 0 Å². The Kier molecular flexibility index (Phi) is 5.60. The van der Waals surface area contributed by atoms with Gasteiger partial charge in [0.05, 0.1) is 11.8 Å². The van der Waals surface area contributed by atoms with Gasteiger partial charge in [0.15, 0.2) is 0 Å². The Morgan fingerprint density at radius 1 is 1.62 bits per heavy atom. The first kappa shape index (κ1) is 13.3. The molecule has 1 heterocycles. The van der Waals surface area contributed by atoms with E-state index in [1.54, 1.807) is 12.3 Å². The molecule has 1 N–H and O–H groups in total. The van der Waals surface area contributed by atoms with Crippen molar-refractivity contribution in [3.63, 3.8) is 0 Å². The fourth-order valence-electron chi connectivity index (χ4n) is 1.57. The number of aryl methyl sites for hydroxylation is 1. The van der Waals surface area contributed by atoms with Gasteiger partial charge in [-0.2, -0.15) is 0 Å². The van der Waals surface area contributed by atoms with Gasteiger partial charge in [0.2, 0.25) is 0 Å². The first-order valence-electron chi connectivity index (χ1n) is 5.62. The predicted molar refractivity (Wildman–Crippen MR) is 68.0 cm³/mol. The van der Waals surface area contributed by atoms with Gasteiger partial charge in [-0.05, 0) is 25.8 Å². The van der Waals surface area contributed by atoms with Crippen LogP contribution in [0.25, 0.3) is 0 Å². The first-order chi connectivity index (χ1) is 7.69. The van der Waals surface area contributed by atoms with E-state index in [-0.39, 0.29) is 11.9 Å². The van der Waals surface area contributed by atoms with Crippen molar-refractivity contribution in [2.45, 2.75) is 39.2 Å². The van der Waals surface area contributed by atoms with Crippen molar-refractivity contribution in [2.75, 3.05) is 5.33 Å². The SMILES string of the molecule is CCc1occc1C(=O)NC(C)CCCBr. The second-order valence-corrected chi connectivity index (χ2v) is 4.61. The van der Waals surface area contributed by atoms with E-state index in [2.05, 4.69) is 21.2 Å². The molecule has 0 fully saturated rings. The summed E-state index contributed by atoms with van der Waals surface area (Å²) >= 11 is 3.38. The monoisotopic (exact) mass is 287 g/mol. The number of hydrogen-bond donors (Lipinski definition) is 1. The van der Waals surface area contributed by atoms with Crippen LogP contribution in [-0.4, -0.2) is 17.3 Å². The zero-order chi connectivity index (χ0) is 12.0. The van der Waals surface area contributed by atoms with Gasteiger partial charge in [0.25, 0.3) is 5.91 Å². The number of hydrogen-bond acceptors (Lipinski definition) is 2. The van der Waals surface area contributed by atoms with Gasteiger partial charge in [-0.25, -0.2) is 0 Å². The molecule has 1 aromatic rings. The van der Waals surface area contributed by atoms with Gasteiger partial charge in [-0.15, -0.1) is 0 Å². The first-order valence-corrected chi connectivity index (χ1v) is 6.74. The zero-order valence-electron chi connectivity index (χ0n) is 9.75. The summed E-state index contributed by atoms with van der Waals surface area (Å²) in [6, 6.07) is 1.93. The van der Waals surface area contributed by atoms with Crippen LogP contribution in [-0.2, 0) is 6.42 Å². The molecule has 1 unspecified atom stereocenters. The average Bonchev–Trinajstić information content (AvgIpc) is 2.74. The Bertz CT molecular complexity index is 336. The van der Waals surface area contributed by atoms with E-state index < -0.39 is 0 Å². The molecule has 1 amide bonds. The second kappa shape index (κ2) is 6.74. The molecular weight excluding hydrogens is 270 g/mol. The smallest absolute Gasteiger partial charge is 0.255 e. The normalized spacial score (nSPS) is 12.4. The van der Waals surface area contributed by atoms with Crippen LogP contribution < -0.4 is 5.32 Å². The van der Waals surface area contributed by atoms with E-state index >= 15 is 0 Å². The number of furan rings is 1. The molecule has 0 aliphatic carbocycles. The third-order valence-electron chi connectivity index (χ3n) is 2.46. The summed E-state index contributed by atoms with van der Waals surface area (Å²) in [5.41, 5.74) is 0.660. The van der Waals surface area contributed by atoms with Gasteiger partial charge in [-0.3, -0.25) is 4.79 Å². The van der Waals surface area contributed by atoms with Crippen LogP contribution in [0.15, 0.2) is 16.7 Å². The molecule has 0 spiro atoms. The van der Waals surface area contributed by atoms with E-state index in [9.17, 15) is 4.79 Å². The van der Waals surface area contributed by atoms with Crippen molar-refractivity contribution < 1.29 is 9.21 Å². The van der Waals surface area contributed by atoms with Crippen LogP contribution in [0.1, 0.15) is 42.8 Å². The Morgan fingerprint density at radius 2 is 2.38 bits per heavy atom. The summed E-state index contributed by atoms with van der Waals surface area (Å²) in [4.78, 5) is 11.9. The molecule has 1 atom stereocenters.